The maximum atomic E-state index is 11.8. The fourth-order valence-corrected chi connectivity index (χ4v) is 1.94. The van der Waals surface area contributed by atoms with Crippen molar-refractivity contribution in [2.75, 3.05) is 6.61 Å². The number of ether oxygens (including phenoxy) is 1. The van der Waals surface area contributed by atoms with Crippen LogP contribution in [0.2, 0.25) is 0 Å². The summed E-state index contributed by atoms with van der Waals surface area (Å²) in [5.74, 6) is -0.580. The predicted octanol–water partition coefficient (Wildman–Crippen LogP) is 2.44. The Morgan fingerprint density at radius 2 is 1.86 bits per heavy atom. The normalized spacial score (nSPS) is 13.3. The summed E-state index contributed by atoms with van der Waals surface area (Å²) in [6.07, 6.45) is 0.447. The van der Waals surface area contributed by atoms with Gasteiger partial charge >= 0.3 is 5.97 Å². The molecule has 0 radical (unpaired) electrons. The standard InChI is InChI=1S/C16H23NO4/c1-5-16(4,15(19)20)17-13(18)9-10-21-14-11(2)7-6-8-12(14)3/h6-8H,5,9-10H2,1-4H3,(H,17,18)(H,19,20). The monoisotopic (exact) mass is 293 g/mol. The van der Waals surface area contributed by atoms with E-state index in [2.05, 4.69) is 5.32 Å². The molecule has 1 unspecified atom stereocenters. The van der Waals surface area contributed by atoms with Crippen LogP contribution < -0.4 is 10.1 Å². The molecule has 0 fully saturated rings. The van der Waals surface area contributed by atoms with Crippen LogP contribution in [0.25, 0.3) is 0 Å². The van der Waals surface area contributed by atoms with Gasteiger partial charge in [0.1, 0.15) is 11.3 Å². The minimum Gasteiger partial charge on any atom is -0.493 e. The molecule has 5 nitrogen and oxygen atoms in total. The Bertz CT molecular complexity index is 507. The second kappa shape index (κ2) is 7.11. The molecule has 0 bridgehead atoms. The van der Waals surface area contributed by atoms with Gasteiger partial charge in [-0.1, -0.05) is 25.1 Å². The Morgan fingerprint density at radius 1 is 1.29 bits per heavy atom. The average Bonchev–Trinajstić information content (AvgIpc) is 2.41. The first-order valence-electron chi connectivity index (χ1n) is 7.03. The van der Waals surface area contributed by atoms with Gasteiger partial charge in [-0.2, -0.15) is 0 Å². The molecule has 0 aromatic heterocycles. The fourth-order valence-electron chi connectivity index (χ4n) is 1.94. The number of aryl methyl sites for hydroxylation is 2. The van der Waals surface area contributed by atoms with E-state index >= 15 is 0 Å². The third-order valence-corrected chi connectivity index (χ3v) is 3.58. The van der Waals surface area contributed by atoms with E-state index < -0.39 is 11.5 Å². The third kappa shape index (κ3) is 4.48. The van der Waals surface area contributed by atoms with Crippen molar-refractivity contribution in [3.63, 3.8) is 0 Å². The highest BCUT2D eigenvalue weighted by Crippen LogP contribution is 2.22. The van der Waals surface area contributed by atoms with Crippen molar-refractivity contribution in [2.24, 2.45) is 0 Å². The SMILES string of the molecule is CCC(C)(NC(=O)CCOc1c(C)cccc1C)C(=O)O. The number of benzene rings is 1. The fraction of sp³-hybridized carbons (Fsp3) is 0.500. The number of amides is 1. The summed E-state index contributed by atoms with van der Waals surface area (Å²) in [4.78, 5) is 23.0. The molecule has 1 amide bonds. The van der Waals surface area contributed by atoms with Crippen molar-refractivity contribution < 1.29 is 19.4 Å². The minimum atomic E-state index is -1.23. The van der Waals surface area contributed by atoms with E-state index in [1.807, 2.05) is 32.0 Å². The van der Waals surface area contributed by atoms with Crippen LogP contribution in [-0.2, 0) is 9.59 Å². The Hall–Kier alpha value is -2.04. The first-order valence-corrected chi connectivity index (χ1v) is 7.03. The van der Waals surface area contributed by atoms with Crippen LogP contribution in [0.3, 0.4) is 0 Å². The van der Waals surface area contributed by atoms with E-state index in [1.165, 1.54) is 6.92 Å². The molecule has 0 aliphatic rings. The highest BCUT2D eigenvalue weighted by molar-refractivity contribution is 5.86. The first kappa shape index (κ1) is 17.0. The summed E-state index contributed by atoms with van der Waals surface area (Å²) in [5, 5.41) is 11.7. The zero-order chi connectivity index (χ0) is 16.0. The van der Waals surface area contributed by atoms with E-state index in [0.29, 0.717) is 6.42 Å². The summed E-state index contributed by atoms with van der Waals surface area (Å²) in [6.45, 7) is 7.33. The van der Waals surface area contributed by atoms with Gasteiger partial charge < -0.3 is 15.2 Å². The van der Waals surface area contributed by atoms with Crippen molar-refractivity contribution in [1.29, 1.82) is 0 Å². The third-order valence-electron chi connectivity index (χ3n) is 3.58. The molecule has 2 N–H and O–H groups in total. The lowest BCUT2D eigenvalue weighted by Crippen LogP contribution is -2.51. The number of para-hydroxylation sites is 1. The van der Waals surface area contributed by atoms with Gasteiger partial charge in [-0.15, -0.1) is 0 Å². The second-order valence-corrected chi connectivity index (χ2v) is 5.36. The molecule has 1 rings (SSSR count). The van der Waals surface area contributed by atoms with Gasteiger partial charge in [0.25, 0.3) is 0 Å². The first-order chi connectivity index (χ1) is 9.80. The number of carbonyl (C=O) groups is 2. The minimum absolute atomic E-state index is 0.122. The largest absolute Gasteiger partial charge is 0.493 e. The Balaban J connectivity index is 2.53. The summed E-state index contributed by atoms with van der Waals surface area (Å²) in [6, 6.07) is 5.84. The molecule has 0 aliphatic carbocycles. The summed E-state index contributed by atoms with van der Waals surface area (Å²) in [7, 11) is 0. The molecule has 1 aromatic rings. The van der Waals surface area contributed by atoms with Crippen LogP contribution in [0.1, 0.15) is 37.8 Å². The zero-order valence-electron chi connectivity index (χ0n) is 13.0. The van der Waals surface area contributed by atoms with Gasteiger partial charge in [0.15, 0.2) is 0 Å². The molecule has 1 aromatic carbocycles. The molecule has 0 aliphatic heterocycles. The van der Waals surface area contributed by atoms with E-state index in [9.17, 15) is 9.59 Å². The van der Waals surface area contributed by atoms with Crippen LogP contribution in [0.15, 0.2) is 18.2 Å². The maximum absolute atomic E-state index is 11.8. The molecule has 0 heterocycles. The molecule has 0 saturated carbocycles. The van der Waals surface area contributed by atoms with Gasteiger partial charge in [-0.05, 0) is 38.3 Å². The lowest BCUT2D eigenvalue weighted by molar-refractivity contribution is -0.147. The van der Waals surface area contributed by atoms with Crippen molar-refractivity contribution in [2.45, 2.75) is 46.1 Å². The molecule has 21 heavy (non-hydrogen) atoms. The number of carbonyl (C=O) groups excluding carboxylic acids is 1. The summed E-state index contributed by atoms with van der Waals surface area (Å²) in [5.41, 5.74) is 0.800. The van der Waals surface area contributed by atoms with Crippen molar-refractivity contribution in [1.82, 2.24) is 5.32 Å². The Labute approximate surface area is 125 Å². The lowest BCUT2D eigenvalue weighted by atomic mass is 9.99. The van der Waals surface area contributed by atoms with Crippen molar-refractivity contribution >= 4 is 11.9 Å². The van der Waals surface area contributed by atoms with Crippen LogP contribution in [-0.4, -0.2) is 29.1 Å². The predicted molar refractivity (Wildman–Crippen MR) is 80.5 cm³/mol. The molecule has 0 spiro atoms. The van der Waals surface area contributed by atoms with Gasteiger partial charge in [-0.25, -0.2) is 4.79 Å². The van der Waals surface area contributed by atoms with E-state index in [1.54, 1.807) is 6.92 Å². The Kier molecular flexibility index (Phi) is 5.76. The number of hydrogen-bond donors (Lipinski definition) is 2. The van der Waals surface area contributed by atoms with Crippen molar-refractivity contribution in [3.8, 4) is 5.75 Å². The highest BCUT2D eigenvalue weighted by atomic mass is 16.5. The van der Waals surface area contributed by atoms with Gasteiger partial charge in [-0.3, -0.25) is 4.79 Å². The molecule has 5 heteroatoms. The number of nitrogens with one attached hydrogen (secondary N) is 1. The van der Waals surface area contributed by atoms with Gasteiger partial charge in [0.2, 0.25) is 5.91 Å². The van der Waals surface area contributed by atoms with E-state index in [0.717, 1.165) is 16.9 Å². The summed E-state index contributed by atoms with van der Waals surface area (Å²) >= 11 is 0. The molecule has 116 valence electrons. The maximum Gasteiger partial charge on any atom is 0.329 e. The van der Waals surface area contributed by atoms with E-state index in [4.69, 9.17) is 9.84 Å². The average molecular weight is 293 g/mol. The number of aliphatic carboxylic acids is 1. The van der Waals surface area contributed by atoms with Crippen LogP contribution in [0.5, 0.6) is 5.75 Å². The number of carboxylic acid groups (broad SMARTS) is 1. The van der Waals surface area contributed by atoms with Crippen LogP contribution >= 0.6 is 0 Å². The topological polar surface area (TPSA) is 75.6 Å². The molecule has 1 atom stereocenters. The Morgan fingerprint density at radius 3 is 2.33 bits per heavy atom. The smallest absolute Gasteiger partial charge is 0.329 e. The molecular formula is C16H23NO4. The quantitative estimate of drug-likeness (QED) is 0.809. The molecule has 0 saturated heterocycles. The van der Waals surface area contributed by atoms with Gasteiger partial charge in [0, 0.05) is 0 Å². The molecular weight excluding hydrogens is 270 g/mol. The zero-order valence-corrected chi connectivity index (χ0v) is 13.0. The van der Waals surface area contributed by atoms with Crippen LogP contribution in [0.4, 0.5) is 0 Å². The summed E-state index contributed by atoms with van der Waals surface area (Å²) < 4.78 is 5.64. The lowest BCUT2D eigenvalue weighted by Gasteiger charge is -2.24. The number of hydrogen-bond acceptors (Lipinski definition) is 3. The number of rotatable bonds is 7. The van der Waals surface area contributed by atoms with E-state index in [-0.39, 0.29) is 18.9 Å². The number of carboxylic acids is 1. The van der Waals surface area contributed by atoms with Crippen molar-refractivity contribution in [3.05, 3.63) is 29.3 Å². The van der Waals surface area contributed by atoms with Crippen LogP contribution in [0, 0.1) is 13.8 Å². The highest BCUT2D eigenvalue weighted by Gasteiger charge is 2.32. The van der Waals surface area contributed by atoms with Gasteiger partial charge in [0.05, 0.1) is 13.0 Å². The second-order valence-electron chi connectivity index (χ2n) is 5.36.